The molecule has 3 heterocycles. The van der Waals surface area contributed by atoms with E-state index in [1.807, 2.05) is 23.6 Å². The Morgan fingerprint density at radius 1 is 0.923 bits per heavy atom. The Bertz CT molecular complexity index is 1100. The molecule has 4 aromatic rings. The zero-order valence-corrected chi connectivity index (χ0v) is 14.2. The van der Waals surface area contributed by atoms with Crippen molar-refractivity contribution < 1.29 is 4.39 Å². The molecule has 0 unspecified atom stereocenters. The molecule has 0 aliphatic carbocycles. The molecule has 0 radical (unpaired) electrons. The van der Waals surface area contributed by atoms with E-state index < -0.39 is 5.82 Å². The summed E-state index contributed by atoms with van der Waals surface area (Å²) in [5.74, 6) is -0.392. The number of nitriles is 1. The maximum atomic E-state index is 14.5. The summed E-state index contributed by atoms with van der Waals surface area (Å²) in [5.41, 5.74) is 2.71. The second-order valence-electron chi connectivity index (χ2n) is 5.43. The van der Waals surface area contributed by atoms with Crippen LogP contribution in [0.1, 0.15) is 5.69 Å². The van der Waals surface area contributed by atoms with E-state index >= 15 is 0 Å². The van der Waals surface area contributed by atoms with Crippen LogP contribution in [0.4, 0.5) is 4.39 Å². The largest absolute Gasteiger partial charge is 0.256 e. The van der Waals surface area contributed by atoms with E-state index in [-0.39, 0.29) is 5.69 Å². The molecule has 0 saturated heterocycles. The van der Waals surface area contributed by atoms with Gasteiger partial charge in [-0.15, -0.1) is 21.5 Å². The van der Waals surface area contributed by atoms with Crippen molar-refractivity contribution in [3.05, 3.63) is 77.7 Å². The first kappa shape index (κ1) is 16.1. The molecule has 4 rings (SSSR count). The molecular formula is C20H11FN4S. The molecule has 6 heteroatoms. The lowest BCUT2D eigenvalue weighted by molar-refractivity contribution is 0.630. The Morgan fingerprint density at radius 2 is 1.77 bits per heavy atom. The smallest absolute Gasteiger partial charge is 0.173 e. The van der Waals surface area contributed by atoms with Gasteiger partial charge in [0.05, 0.1) is 5.69 Å². The zero-order chi connectivity index (χ0) is 17.9. The van der Waals surface area contributed by atoms with Crippen molar-refractivity contribution >= 4 is 11.3 Å². The van der Waals surface area contributed by atoms with E-state index in [4.69, 9.17) is 0 Å². The fourth-order valence-electron chi connectivity index (χ4n) is 2.78. The van der Waals surface area contributed by atoms with Gasteiger partial charge in [0, 0.05) is 27.8 Å². The first-order chi connectivity index (χ1) is 12.8. The highest BCUT2D eigenvalue weighted by molar-refractivity contribution is 7.13. The molecule has 4 nitrogen and oxygen atoms in total. The van der Waals surface area contributed by atoms with Crippen molar-refractivity contribution in [2.24, 2.45) is 0 Å². The van der Waals surface area contributed by atoms with E-state index in [0.717, 1.165) is 4.88 Å². The van der Waals surface area contributed by atoms with E-state index in [1.165, 1.54) is 17.4 Å². The third kappa shape index (κ3) is 2.75. The lowest BCUT2D eigenvalue weighted by atomic mass is 9.96. The van der Waals surface area contributed by atoms with Crippen LogP contribution in [0.3, 0.4) is 0 Å². The Kier molecular flexibility index (Phi) is 4.22. The quantitative estimate of drug-likeness (QED) is 0.520. The fraction of sp³-hybridized carbons (Fsp3) is 0. The Morgan fingerprint density at radius 3 is 2.46 bits per heavy atom. The highest BCUT2D eigenvalue weighted by atomic mass is 32.1. The van der Waals surface area contributed by atoms with Gasteiger partial charge in [0.25, 0.3) is 0 Å². The molecule has 0 aliphatic rings. The van der Waals surface area contributed by atoms with Crippen molar-refractivity contribution in [2.45, 2.75) is 0 Å². The molecule has 26 heavy (non-hydrogen) atoms. The van der Waals surface area contributed by atoms with Gasteiger partial charge in [-0.05, 0) is 35.7 Å². The molecule has 3 aromatic heterocycles. The van der Waals surface area contributed by atoms with Crippen molar-refractivity contribution in [3.8, 4) is 39.0 Å². The van der Waals surface area contributed by atoms with Crippen LogP contribution in [0.5, 0.6) is 0 Å². The van der Waals surface area contributed by atoms with Crippen molar-refractivity contribution in [3.63, 3.8) is 0 Å². The number of halogens is 1. The minimum atomic E-state index is -0.392. The van der Waals surface area contributed by atoms with Gasteiger partial charge in [0.2, 0.25) is 0 Å². The van der Waals surface area contributed by atoms with Gasteiger partial charge < -0.3 is 0 Å². The van der Waals surface area contributed by atoms with Crippen LogP contribution in [0.25, 0.3) is 33.0 Å². The average molecular weight is 358 g/mol. The third-order valence-corrected chi connectivity index (χ3v) is 4.78. The highest BCUT2D eigenvalue weighted by Crippen LogP contribution is 2.41. The number of pyridine rings is 1. The minimum Gasteiger partial charge on any atom is -0.256 e. The fourth-order valence-corrected chi connectivity index (χ4v) is 3.56. The van der Waals surface area contributed by atoms with Gasteiger partial charge in [-0.3, -0.25) is 4.98 Å². The van der Waals surface area contributed by atoms with E-state index in [1.54, 1.807) is 36.5 Å². The standard InChI is InChI=1S/C20H11FN4S/c21-14-7-2-1-6-13(14)20-19(17-9-5-11-26-17)18(16(12-22)24-25-20)15-8-3-4-10-23-15/h1-11H. The highest BCUT2D eigenvalue weighted by Gasteiger charge is 2.23. The molecule has 124 valence electrons. The van der Waals surface area contributed by atoms with Crippen molar-refractivity contribution in [2.75, 3.05) is 0 Å². The molecule has 0 fully saturated rings. The van der Waals surface area contributed by atoms with Gasteiger partial charge in [0.15, 0.2) is 5.69 Å². The van der Waals surface area contributed by atoms with E-state index in [2.05, 4.69) is 21.3 Å². The summed E-state index contributed by atoms with van der Waals surface area (Å²) in [6.07, 6.45) is 1.65. The maximum absolute atomic E-state index is 14.5. The number of hydrogen-bond acceptors (Lipinski definition) is 5. The monoisotopic (exact) mass is 358 g/mol. The van der Waals surface area contributed by atoms with Gasteiger partial charge >= 0.3 is 0 Å². The summed E-state index contributed by atoms with van der Waals surface area (Å²) < 4.78 is 14.5. The molecular weight excluding hydrogens is 347 g/mol. The third-order valence-electron chi connectivity index (χ3n) is 3.90. The van der Waals surface area contributed by atoms with Gasteiger partial charge in [-0.25, -0.2) is 4.39 Å². The number of thiophene rings is 1. The first-order valence-corrected chi connectivity index (χ1v) is 8.68. The molecule has 0 spiro atoms. The lowest BCUT2D eigenvalue weighted by Crippen LogP contribution is -2.02. The molecule has 0 bridgehead atoms. The number of hydrogen-bond donors (Lipinski definition) is 0. The van der Waals surface area contributed by atoms with Crippen molar-refractivity contribution in [1.29, 1.82) is 5.26 Å². The summed E-state index contributed by atoms with van der Waals surface area (Å²) >= 11 is 1.49. The van der Waals surface area contributed by atoms with Crippen molar-refractivity contribution in [1.82, 2.24) is 15.2 Å². The average Bonchev–Trinajstić information content (AvgIpc) is 3.22. The second-order valence-corrected chi connectivity index (χ2v) is 6.38. The van der Waals surface area contributed by atoms with Crippen LogP contribution in [-0.4, -0.2) is 15.2 Å². The van der Waals surface area contributed by atoms with Crippen LogP contribution in [0, 0.1) is 17.1 Å². The summed E-state index contributed by atoms with van der Waals surface area (Å²) in [7, 11) is 0. The normalized spacial score (nSPS) is 10.5. The second kappa shape index (κ2) is 6.82. The number of aromatic nitrogens is 3. The molecule has 1 aromatic carbocycles. The lowest BCUT2D eigenvalue weighted by Gasteiger charge is -2.14. The molecule has 0 atom stereocenters. The maximum Gasteiger partial charge on any atom is 0.173 e. The Hall–Kier alpha value is -3.43. The Balaban J connectivity index is 2.12. The van der Waals surface area contributed by atoms with E-state index in [0.29, 0.717) is 28.1 Å². The summed E-state index contributed by atoms with van der Waals surface area (Å²) in [6.45, 7) is 0. The number of rotatable bonds is 3. The summed E-state index contributed by atoms with van der Waals surface area (Å²) in [6, 6.07) is 17.8. The van der Waals surface area contributed by atoms with Crippen LogP contribution < -0.4 is 0 Å². The van der Waals surface area contributed by atoms with Gasteiger partial charge in [-0.1, -0.05) is 24.3 Å². The first-order valence-electron chi connectivity index (χ1n) is 7.80. The van der Waals surface area contributed by atoms with Crippen LogP contribution in [0.2, 0.25) is 0 Å². The number of benzene rings is 1. The van der Waals surface area contributed by atoms with Gasteiger partial charge in [0.1, 0.15) is 17.6 Å². The molecule has 0 aliphatic heterocycles. The summed E-state index contributed by atoms with van der Waals surface area (Å²) in [4.78, 5) is 5.25. The molecule has 0 saturated carbocycles. The number of nitrogens with zero attached hydrogens (tertiary/aromatic N) is 4. The Labute approximate surface area is 153 Å². The van der Waals surface area contributed by atoms with Crippen LogP contribution in [-0.2, 0) is 0 Å². The van der Waals surface area contributed by atoms with Gasteiger partial charge in [-0.2, -0.15) is 5.26 Å². The topological polar surface area (TPSA) is 62.5 Å². The molecule has 0 amide bonds. The van der Waals surface area contributed by atoms with E-state index in [9.17, 15) is 9.65 Å². The predicted molar refractivity (Wildman–Crippen MR) is 98.7 cm³/mol. The summed E-state index contributed by atoms with van der Waals surface area (Å²) in [5, 5.41) is 19.7. The minimum absolute atomic E-state index is 0.159. The predicted octanol–water partition coefficient (Wildman–Crippen LogP) is 4.94. The molecule has 0 N–H and O–H groups in total. The zero-order valence-electron chi connectivity index (χ0n) is 13.4. The SMILES string of the molecule is N#Cc1nnc(-c2ccccc2F)c(-c2cccs2)c1-c1ccccn1. The van der Waals surface area contributed by atoms with Crippen LogP contribution >= 0.6 is 11.3 Å². The van der Waals surface area contributed by atoms with Crippen LogP contribution in [0.15, 0.2) is 66.2 Å².